The highest BCUT2D eigenvalue weighted by atomic mass is 16.5. The first-order valence-corrected chi connectivity index (χ1v) is 8.93. The molecule has 0 aliphatic heterocycles. The van der Waals surface area contributed by atoms with Crippen molar-refractivity contribution in [3.8, 4) is 5.75 Å². The molecule has 0 fully saturated rings. The maximum atomic E-state index is 12.6. The molecule has 1 aromatic carbocycles. The fraction of sp³-hybridized carbons (Fsp3) is 0.474. The Kier molecular flexibility index (Phi) is 9.49. The van der Waals surface area contributed by atoms with E-state index in [0.29, 0.717) is 5.75 Å². The van der Waals surface area contributed by atoms with Gasteiger partial charge in [0, 0.05) is 25.6 Å². The van der Waals surface area contributed by atoms with Gasteiger partial charge >= 0.3 is 0 Å². The van der Waals surface area contributed by atoms with Crippen molar-refractivity contribution in [1.29, 1.82) is 0 Å². The van der Waals surface area contributed by atoms with Crippen LogP contribution in [0.25, 0.3) is 0 Å². The van der Waals surface area contributed by atoms with E-state index in [2.05, 4.69) is 15.8 Å². The second-order valence-electron chi connectivity index (χ2n) is 6.51. The third-order valence-electron chi connectivity index (χ3n) is 3.77. The molecule has 1 aromatic rings. The number of carbonyl (C=O) groups excluding carboxylic acids is 3. The molecular weight excluding hydrogens is 364 g/mol. The van der Waals surface area contributed by atoms with Gasteiger partial charge in [-0.3, -0.25) is 14.4 Å². The quantitative estimate of drug-likeness (QED) is 0.310. The molecule has 0 saturated heterocycles. The molecule has 0 aliphatic rings. The third-order valence-corrected chi connectivity index (χ3v) is 3.77. The van der Waals surface area contributed by atoms with Crippen molar-refractivity contribution in [2.24, 2.45) is 5.16 Å². The predicted octanol–water partition coefficient (Wildman–Crippen LogP) is 0.905. The summed E-state index contributed by atoms with van der Waals surface area (Å²) in [5, 5.41) is 16.6. The maximum Gasteiger partial charge on any atom is 0.268 e. The van der Waals surface area contributed by atoms with Gasteiger partial charge in [-0.25, -0.2) is 0 Å². The monoisotopic (exact) mass is 392 g/mol. The Labute approximate surface area is 164 Å². The summed E-state index contributed by atoms with van der Waals surface area (Å²) in [4.78, 5) is 37.7. The van der Waals surface area contributed by atoms with Gasteiger partial charge in [0.25, 0.3) is 5.91 Å². The standard InChI is InChI=1S/C19H28N4O5/c1-13(2)21-17(24)12-23(11-15-5-7-16(28-4)8-6-15)18(25)9-10-20-19(26)14(3)22-27/h5-8,13,27H,9-12H2,1-4H3,(H,20,26)(H,21,24)/b22-14+. The Morgan fingerprint density at radius 2 is 1.86 bits per heavy atom. The highest BCUT2D eigenvalue weighted by molar-refractivity contribution is 6.37. The summed E-state index contributed by atoms with van der Waals surface area (Å²) in [6.07, 6.45) is 0.00949. The number of carbonyl (C=O) groups is 3. The highest BCUT2D eigenvalue weighted by Gasteiger charge is 2.18. The van der Waals surface area contributed by atoms with E-state index in [-0.39, 0.29) is 49.6 Å². The van der Waals surface area contributed by atoms with Crippen LogP contribution in [0.3, 0.4) is 0 Å². The van der Waals surface area contributed by atoms with E-state index in [4.69, 9.17) is 9.94 Å². The molecule has 28 heavy (non-hydrogen) atoms. The van der Waals surface area contributed by atoms with Crippen LogP contribution in [0.1, 0.15) is 32.8 Å². The first-order valence-electron chi connectivity index (χ1n) is 8.93. The van der Waals surface area contributed by atoms with Crippen LogP contribution in [0.2, 0.25) is 0 Å². The van der Waals surface area contributed by atoms with E-state index in [9.17, 15) is 14.4 Å². The first-order chi connectivity index (χ1) is 13.3. The van der Waals surface area contributed by atoms with E-state index in [1.165, 1.54) is 11.8 Å². The molecular formula is C19H28N4O5. The number of benzene rings is 1. The Morgan fingerprint density at radius 1 is 1.21 bits per heavy atom. The van der Waals surface area contributed by atoms with Gasteiger partial charge in [0.05, 0.1) is 13.7 Å². The van der Waals surface area contributed by atoms with E-state index < -0.39 is 5.91 Å². The molecule has 0 atom stereocenters. The van der Waals surface area contributed by atoms with Gasteiger partial charge in [0.2, 0.25) is 11.8 Å². The SMILES string of the molecule is COc1ccc(CN(CC(=O)NC(C)C)C(=O)CCNC(=O)/C(C)=N/O)cc1. The fourth-order valence-electron chi connectivity index (χ4n) is 2.34. The summed E-state index contributed by atoms with van der Waals surface area (Å²) in [5.41, 5.74) is 0.748. The van der Waals surface area contributed by atoms with Crippen molar-refractivity contribution >= 4 is 23.4 Å². The van der Waals surface area contributed by atoms with Gasteiger partial charge in [0.15, 0.2) is 0 Å². The lowest BCUT2D eigenvalue weighted by Crippen LogP contribution is -2.43. The minimum Gasteiger partial charge on any atom is -0.497 e. The van der Waals surface area contributed by atoms with Crippen LogP contribution in [0.4, 0.5) is 0 Å². The normalized spacial score (nSPS) is 11.1. The first kappa shape index (κ1) is 22.9. The van der Waals surface area contributed by atoms with E-state index in [1.54, 1.807) is 19.2 Å². The summed E-state index contributed by atoms with van der Waals surface area (Å²) in [6.45, 7) is 5.26. The molecule has 3 amide bonds. The van der Waals surface area contributed by atoms with Crippen molar-refractivity contribution in [3.63, 3.8) is 0 Å². The summed E-state index contributed by atoms with van der Waals surface area (Å²) >= 11 is 0. The van der Waals surface area contributed by atoms with Crippen LogP contribution in [0, 0.1) is 0 Å². The van der Waals surface area contributed by atoms with Gasteiger partial charge in [-0.2, -0.15) is 0 Å². The highest BCUT2D eigenvalue weighted by Crippen LogP contribution is 2.13. The molecule has 0 saturated carbocycles. The molecule has 3 N–H and O–H groups in total. The lowest BCUT2D eigenvalue weighted by atomic mass is 10.2. The molecule has 9 nitrogen and oxygen atoms in total. The zero-order valence-corrected chi connectivity index (χ0v) is 16.7. The topological polar surface area (TPSA) is 120 Å². The number of methoxy groups -OCH3 is 1. The molecule has 0 bridgehead atoms. The number of rotatable bonds is 10. The molecule has 0 unspecified atom stereocenters. The minimum absolute atomic E-state index is 0.00949. The Morgan fingerprint density at radius 3 is 2.39 bits per heavy atom. The van der Waals surface area contributed by atoms with E-state index in [1.807, 2.05) is 26.0 Å². The Hall–Kier alpha value is -3.10. The lowest BCUT2D eigenvalue weighted by molar-refractivity contribution is -0.136. The molecule has 9 heteroatoms. The number of nitrogens with zero attached hydrogens (tertiary/aromatic N) is 2. The molecule has 0 spiro atoms. The number of ether oxygens (including phenoxy) is 1. The molecule has 0 heterocycles. The number of hydrogen-bond donors (Lipinski definition) is 3. The van der Waals surface area contributed by atoms with Crippen molar-refractivity contribution in [1.82, 2.24) is 15.5 Å². The minimum atomic E-state index is -0.561. The lowest BCUT2D eigenvalue weighted by Gasteiger charge is -2.23. The van der Waals surface area contributed by atoms with Crippen molar-refractivity contribution in [2.75, 3.05) is 20.2 Å². The predicted molar refractivity (Wildman–Crippen MR) is 104 cm³/mol. The van der Waals surface area contributed by atoms with Crippen LogP contribution < -0.4 is 15.4 Å². The van der Waals surface area contributed by atoms with Gasteiger partial charge in [-0.1, -0.05) is 17.3 Å². The molecule has 0 aliphatic carbocycles. The Bertz CT molecular complexity index is 701. The van der Waals surface area contributed by atoms with Crippen LogP contribution in [-0.2, 0) is 20.9 Å². The van der Waals surface area contributed by atoms with Crippen LogP contribution in [0.5, 0.6) is 5.75 Å². The number of amides is 3. The van der Waals surface area contributed by atoms with Gasteiger partial charge in [-0.05, 0) is 38.5 Å². The number of oxime groups is 1. The Balaban J connectivity index is 2.76. The van der Waals surface area contributed by atoms with Crippen molar-refractivity contribution in [2.45, 2.75) is 39.8 Å². The average molecular weight is 392 g/mol. The fourth-order valence-corrected chi connectivity index (χ4v) is 2.34. The van der Waals surface area contributed by atoms with E-state index in [0.717, 1.165) is 5.56 Å². The summed E-state index contributed by atoms with van der Waals surface area (Å²) in [5.74, 6) is -0.407. The maximum absolute atomic E-state index is 12.6. The molecule has 0 radical (unpaired) electrons. The van der Waals surface area contributed by atoms with Crippen molar-refractivity contribution < 1.29 is 24.3 Å². The average Bonchev–Trinajstić information content (AvgIpc) is 2.66. The zero-order valence-electron chi connectivity index (χ0n) is 16.7. The second-order valence-corrected chi connectivity index (χ2v) is 6.51. The largest absolute Gasteiger partial charge is 0.497 e. The van der Waals surface area contributed by atoms with Gasteiger partial charge < -0.3 is 25.5 Å². The molecule has 0 aromatic heterocycles. The van der Waals surface area contributed by atoms with Gasteiger partial charge in [-0.15, -0.1) is 0 Å². The summed E-state index contributed by atoms with van der Waals surface area (Å²) in [7, 11) is 1.57. The molecule has 154 valence electrons. The number of hydrogen-bond acceptors (Lipinski definition) is 6. The zero-order chi connectivity index (χ0) is 21.1. The smallest absolute Gasteiger partial charge is 0.268 e. The second kappa shape index (κ2) is 11.6. The van der Waals surface area contributed by atoms with Crippen LogP contribution in [0.15, 0.2) is 29.4 Å². The third kappa shape index (κ3) is 8.07. The van der Waals surface area contributed by atoms with Crippen LogP contribution >= 0.6 is 0 Å². The van der Waals surface area contributed by atoms with Crippen LogP contribution in [-0.4, -0.2) is 59.8 Å². The van der Waals surface area contributed by atoms with E-state index >= 15 is 0 Å². The van der Waals surface area contributed by atoms with Crippen molar-refractivity contribution in [3.05, 3.63) is 29.8 Å². The summed E-state index contributed by atoms with van der Waals surface area (Å²) < 4.78 is 5.12. The van der Waals surface area contributed by atoms with Gasteiger partial charge in [0.1, 0.15) is 11.5 Å². The number of nitrogens with one attached hydrogen (secondary N) is 2. The summed E-state index contributed by atoms with van der Waals surface area (Å²) in [6, 6.07) is 7.17. The molecule has 1 rings (SSSR count).